The maximum Gasteiger partial charge on any atom is 0.251 e. The number of hydrogen-bond donors (Lipinski definition) is 1. The average Bonchev–Trinajstić information content (AvgIpc) is 2.30. The lowest BCUT2D eigenvalue weighted by molar-refractivity contribution is -0.114. The number of aromatic nitrogens is 1. The lowest BCUT2D eigenvalue weighted by atomic mass is 10.2. The molecule has 5 nitrogen and oxygen atoms in total. The number of aliphatic imine (C=N–C) groups is 1. The van der Waals surface area contributed by atoms with Gasteiger partial charge in [-0.3, -0.25) is 9.79 Å². The molecule has 2 heterocycles. The van der Waals surface area contributed by atoms with Crippen LogP contribution in [0.3, 0.4) is 0 Å². The van der Waals surface area contributed by atoms with Crippen molar-refractivity contribution in [3.63, 3.8) is 0 Å². The van der Waals surface area contributed by atoms with E-state index in [2.05, 4.69) is 9.98 Å². The Morgan fingerprint density at radius 1 is 1.47 bits per heavy atom. The lowest BCUT2D eigenvalue weighted by Gasteiger charge is -2.20. The van der Waals surface area contributed by atoms with Gasteiger partial charge in [0, 0.05) is 18.6 Å². The van der Waals surface area contributed by atoms with Gasteiger partial charge in [-0.05, 0) is 12.1 Å². The lowest BCUT2D eigenvalue weighted by Crippen LogP contribution is -2.26. The summed E-state index contributed by atoms with van der Waals surface area (Å²) in [4.78, 5) is 20.9. The fourth-order valence-corrected chi connectivity index (χ4v) is 1.26. The topological polar surface area (TPSA) is 71.6 Å². The summed E-state index contributed by atoms with van der Waals surface area (Å²) in [5.74, 6) is 0.257. The van der Waals surface area contributed by atoms with Gasteiger partial charge in [0.25, 0.3) is 5.91 Å². The van der Waals surface area contributed by atoms with Crippen LogP contribution in [0.5, 0.6) is 0 Å². The van der Waals surface area contributed by atoms with Crippen LogP contribution in [0.4, 0.5) is 5.82 Å². The number of nitrogens with zero attached hydrogens (tertiary/aromatic N) is 3. The molecule has 0 fully saturated rings. The molecule has 1 aliphatic heterocycles. The van der Waals surface area contributed by atoms with Crippen LogP contribution in [0.1, 0.15) is 0 Å². The van der Waals surface area contributed by atoms with Crippen LogP contribution in [0.2, 0.25) is 0 Å². The van der Waals surface area contributed by atoms with Gasteiger partial charge in [-0.1, -0.05) is 6.07 Å². The van der Waals surface area contributed by atoms with Crippen molar-refractivity contribution in [3.8, 4) is 0 Å². The third-order valence-electron chi connectivity index (χ3n) is 1.99. The molecule has 1 aromatic heterocycles. The number of carbonyl (C=O) groups is 1. The van der Waals surface area contributed by atoms with Gasteiger partial charge in [0.1, 0.15) is 12.5 Å². The van der Waals surface area contributed by atoms with E-state index in [4.69, 9.17) is 5.73 Å². The van der Waals surface area contributed by atoms with E-state index in [1.54, 1.807) is 17.3 Å². The highest BCUT2D eigenvalue weighted by Crippen LogP contribution is 2.13. The Morgan fingerprint density at radius 3 is 3.00 bits per heavy atom. The van der Waals surface area contributed by atoms with Gasteiger partial charge in [0.05, 0.1) is 5.57 Å². The molecule has 1 aromatic rings. The van der Waals surface area contributed by atoms with Gasteiger partial charge >= 0.3 is 0 Å². The Bertz CT molecular complexity index is 424. The van der Waals surface area contributed by atoms with E-state index in [0.717, 1.165) is 5.82 Å². The minimum atomic E-state index is -0.487. The number of carbonyl (C=O) groups excluding carboxylic acids is 1. The number of pyridine rings is 1. The predicted octanol–water partition coefficient (Wildman–Crippen LogP) is 0.299. The van der Waals surface area contributed by atoms with E-state index < -0.39 is 5.91 Å². The SMILES string of the molecule is NC(=O)C1=CN(c2ccccn2)CN=C1. The van der Waals surface area contributed by atoms with Crippen molar-refractivity contribution in [2.45, 2.75) is 0 Å². The highest BCUT2D eigenvalue weighted by Gasteiger charge is 2.11. The molecule has 0 bridgehead atoms. The minimum Gasteiger partial charge on any atom is -0.366 e. The van der Waals surface area contributed by atoms with Crippen molar-refractivity contribution in [2.24, 2.45) is 10.7 Å². The molecule has 15 heavy (non-hydrogen) atoms. The number of anilines is 1. The first kappa shape index (κ1) is 9.39. The molecule has 2 rings (SSSR count). The number of amides is 1. The fourth-order valence-electron chi connectivity index (χ4n) is 1.26. The second-order valence-electron chi connectivity index (χ2n) is 3.06. The summed E-state index contributed by atoms with van der Waals surface area (Å²) in [6.45, 7) is 0.452. The van der Waals surface area contributed by atoms with Crippen LogP contribution in [-0.4, -0.2) is 23.8 Å². The molecule has 2 N–H and O–H groups in total. The Balaban J connectivity index is 2.27. The molecule has 0 unspecified atom stereocenters. The summed E-state index contributed by atoms with van der Waals surface area (Å²) in [7, 11) is 0. The zero-order valence-electron chi connectivity index (χ0n) is 8.00. The number of rotatable bonds is 2. The summed E-state index contributed by atoms with van der Waals surface area (Å²) in [6, 6.07) is 5.55. The molecule has 0 atom stereocenters. The first-order valence-corrected chi connectivity index (χ1v) is 4.46. The number of nitrogens with two attached hydrogens (primary N) is 1. The van der Waals surface area contributed by atoms with Crippen LogP contribution >= 0.6 is 0 Å². The zero-order valence-corrected chi connectivity index (χ0v) is 8.00. The molecule has 5 heteroatoms. The van der Waals surface area contributed by atoms with E-state index in [1.807, 2.05) is 18.2 Å². The van der Waals surface area contributed by atoms with E-state index in [0.29, 0.717) is 12.2 Å². The molecular weight excluding hydrogens is 192 g/mol. The molecule has 1 aliphatic rings. The monoisotopic (exact) mass is 202 g/mol. The van der Waals surface area contributed by atoms with Gasteiger partial charge in [-0.15, -0.1) is 0 Å². The van der Waals surface area contributed by atoms with Gasteiger partial charge in [-0.2, -0.15) is 0 Å². The first-order valence-electron chi connectivity index (χ1n) is 4.46. The second-order valence-corrected chi connectivity index (χ2v) is 3.06. The zero-order chi connectivity index (χ0) is 10.7. The normalized spacial score (nSPS) is 14.9. The molecule has 0 aliphatic carbocycles. The van der Waals surface area contributed by atoms with E-state index in [9.17, 15) is 4.79 Å². The van der Waals surface area contributed by atoms with E-state index in [-0.39, 0.29) is 0 Å². The van der Waals surface area contributed by atoms with Gasteiger partial charge in [0.2, 0.25) is 0 Å². The standard InChI is InChI=1S/C10H10N4O/c11-10(15)8-5-12-7-14(6-8)9-3-1-2-4-13-9/h1-6H,7H2,(H2,11,15). The van der Waals surface area contributed by atoms with E-state index in [1.165, 1.54) is 6.21 Å². The van der Waals surface area contributed by atoms with Crippen LogP contribution in [0.25, 0.3) is 0 Å². The van der Waals surface area contributed by atoms with Crippen LogP contribution in [0, 0.1) is 0 Å². The van der Waals surface area contributed by atoms with E-state index >= 15 is 0 Å². The Morgan fingerprint density at radius 2 is 2.33 bits per heavy atom. The van der Waals surface area contributed by atoms with Gasteiger partial charge < -0.3 is 10.6 Å². The quantitative estimate of drug-likeness (QED) is 0.749. The van der Waals surface area contributed by atoms with Crippen LogP contribution < -0.4 is 10.6 Å². The Hall–Kier alpha value is -2.17. The molecular formula is C10H10N4O. The summed E-state index contributed by atoms with van der Waals surface area (Å²) >= 11 is 0. The summed E-state index contributed by atoms with van der Waals surface area (Å²) < 4.78 is 0. The van der Waals surface area contributed by atoms with Crippen molar-refractivity contribution in [3.05, 3.63) is 36.2 Å². The fraction of sp³-hybridized carbons (Fsp3) is 0.100. The maximum absolute atomic E-state index is 10.9. The van der Waals surface area contributed by atoms with Gasteiger partial charge in [0.15, 0.2) is 0 Å². The number of hydrogen-bond acceptors (Lipinski definition) is 4. The molecule has 0 spiro atoms. The number of primary amides is 1. The largest absolute Gasteiger partial charge is 0.366 e. The molecule has 76 valence electrons. The minimum absolute atomic E-state index is 0.381. The summed E-state index contributed by atoms with van der Waals surface area (Å²) in [5, 5.41) is 0. The molecule has 0 aromatic carbocycles. The Labute approximate surface area is 86.9 Å². The van der Waals surface area contributed by atoms with Crippen molar-refractivity contribution >= 4 is 17.9 Å². The summed E-state index contributed by atoms with van der Waals surface area (Å²) in [5.41, 5.74) is 5.54. The third kappa shape index (κ3) is 2.01. The van der Waals surface area contributed by atoms with Crippen molar-refractivity contribution in [1.82, 2.24) is 4.98 Å². The smallest absolute Gasteiger partial charge is 0.251 e. The van der Waals surface area contributed by atoms with Crippen molar-refractivity contribution in [2.75, 3.05) is 11.6 Å². The van der Waals surface area contributed by atoms with Crippen molar-refractivity contribution < 1.29 is 4.79 Å². The molecule has 0 saturated carbocycles. The first-order chi connectivity index (χ1) is 7.27. The molecule has 1 amide bonds. The average molecular weight is 202 g/mol. The highest BCUT2D eigenvalue weighted by molar-refractivity contribution is 6.12. The third-order valence-corrected chi connectivity index (χ3v) is 1.99. The molecule has 0 radical (unpaired) electrons. The van der Waals surface area contributed by atoms with Crippen molar-refractivity contribution in [1.29, 1.82) is 0 Å². The molecule has 0 saturated heterocycles. The van der Waals surface area contributed by atoms with Crippen LogP contribution in [0.15, 0.2) is 41.2 Å². The van der Waals surface area contributed by atoms with Crippen LogP contribution in [-0.2, 0) is 4.79 Å². The Kier molecular flexibility index (Phi) is 2.45. The maximum atomic E-state index is 10.9. The second kappa shape index (κ2) is 3.91. The summed E-state index contributed by atoms with van der Waals surface area (Å²) in [6.07, 6.45) is 4.81. The highest BCUT2D eigenvalue weighted by atomic mass is 16.1. The predicted molar refractivity (Wildman–Crippen MR) is 57.4 cm³/mol. The van der Waals surface area contributed by atoms with Gasteiger partial charge in [-0.25, -0.2) is 4.98 Å².